The molecular formula is C35H46FN5O9S. The van der Waals surface area contributed by atoms with E-state index in [1.54, 1.807) is 32.9 Å². The molecule has 1 saturated heterocycles. The predicted octanol–water partition coefficient (Wildman–Crippen LogP) is 3.14. The largest absolute Gasteiger partial charge is 0.444 e. The van der Waals surface area contributed by atoms with Crippen LogP contribution in [0.25, 0.3) is 0 Å². The monoisotopic (exact) mass is 731 g/mol. The van der Waals surface area contributed by atoms with Crippen molar-refractivity contribution in [1.29, 1.82) is 0 Å². The maximum atomic E-state index is 14.4. The fourth-order valence-corrected chi connectivity index (χ4v) is 8.39. The highest BCUT2D eigenvalue weighted by molar-refractivity contribution is 7.91. The lowest BCUT2D eigenvalue weighted by Gasteiger charge is -2.30. The first kappa shape index (κ1) is 36.6. The van der Waals surface area contributed by atoms with E-state index in [4.69, 9.17) is 9.47 Å². The van der Waals surface area contributed by atoms with E-state index < -0.39 is 86.2 Å². The minimum Gasteiger partial charge on any atom is -0.444 e. The Morgan fingerprint density at radius 3 is 2.53 bits per heavy atom. The Kier molecular flexibility index (Phi) is 10.1. The molecular weight excluding hydrogens is 685 g/mol. The van der Waals surface area contributed by atoms with Gasteiger partial charge >= 0.3 is 12.2 Å². The molecule has 1 aromatic rings. The second-order valence-corrected chi connectivity index (χ2v) is 17.2. The average molecular weight is 732 g/mol. The quantitative estimate of drug-likeness (QED) is 0.384. The fraction of sp³-hybridized carbons (Fsp3) is 0.629. The number of hydrogen-bond acceptors (Lipinski definition) is 9. The number of rotatable bonds is 5. The third-order valence-corrected chi connectivity index (χ3v) is 11.8. The van der Waals surface area contributed by atoms with Crippen LogP contribution in [0, 0.1) is 11.7 Å². The van der Waals surface area contributed by atoms with Gasteiger partial charge in [-0.05, 0) is 70.9 Å². The first-order valence-electron chi connectivity index (χ1n) is 17.6. The van der Waals surface area contributed by atoms with Gasteiger partial charge in [0.05, 0.1) is 18.3 Å². The summed E-state index contributed by atoms with van der Waals surface area (Å²) in [5.41, 5.74) is -1.36. The maximum absolute atomic E-state index is 14.4. The van der Waals surface area contributed by atoms with Crippen molar-refractivity contribution in [3.63, 3.8) is 0 Å². The van der Waals surface area contributed by atoms with E-state index in [1.165, 1.54) is 15.9 Å². The van der Waals surface area contributed by atoms with E-state index in [0.717, 1.165) is 12.8 Å². The van der Waals surface area contributed by atoms with Crippen LogP contribution < -0.4 is 15.4 Å². The van der Waals surface area contributed by atoms with Crippen LogP contribution in [0.15, 0.2) is 30.4 Å². The van der Waals surface area contributed by atoms with Crippen molar-refractivity contribution in [3.8, 4) is 0 Å². The van der Waals surface area contributed by atoms with Gasteiger partial charge in [-0.2, -0.15) is 0 Å². The summed E-state index contributed by atoms with van der Waals surface area (Å²) in [6.07, 6.45) is 5.10. The number of nitrogens with one attached hydrogen (secondary N) is 3. The molecule has 2 saturated carbocycles. The topological polar surface area (TPSA) is 181 Å². The SMILES string of the molecule is CC(C)(C)OC(=O)NC1CCCCCC=C[C@@H]2C[C@@]2(C(=O)NS(=O)(=O)C2CC2)NC(=O)[C@@H]2CC(OC(=O)N3Cc4cccc(F)c4C3)CN2C1=O. The van der Waals surface area contributed by atoms with Gasteiger partial charge in [-0.1, -0.05) is 37.1 Å². The number of hydrogen-bond donors (Lipinski definition) is 3. The summed E-state index contributed by atoms with van der Waals surface area (Å²) < 4.78 is 53.3. The van der Waals surface area contributed by atoms with Crippen LogP contribution in [0.4, 0.5) is 14.0 Å². The molecule has 3 fully saturated rings. The zero-order valence-corrected chi connectivity index (χ0v) is 29.9. The summed E-state index contributed by atoms with van der Waals surface area (Å²) >= 11 is 0. The van der Waals surface area contributed by atoms with E-state index in [-0.39, 0.29) is 38.9 Å². The Labute approximate surface area is 296 Å². The second-order valence-electron chi connectivity index (χ2n) is 15.2. The normalized spacial score (nSPS) is 28.3. The number of benzene rings is 1. The highest BCUT2D eigenvalue weighted by Gasteiger charge is 2.62. The molecule has 5 atom stereocenters. The standard InChI is InChI=1S/C35H46FN5O9S/c1-34(2,3)50-32(45)37-27-13-8-6-4-5-7-11-22-17-35(22,31(44)39-51(47,48)24-14-15-24)38-29(42)28-16-23(19-41(28)30(27)43)49-33(46)40-18-21-10-9-12-26(36)25(21)20-40/h7,9-12,22-24,27-28H,4-6,8,13-20H2,1-3H3,(H,37,45)(H,38,42)(H,39,44)/t22-,23?,27?,28+,35-/m1/s1. The van der Waals surface area contributed by atoms with Gasteiger partial charge in [0.2, 0.25) is 21.8 Å². The molecule has 14 nitrogen and oxygen atoms in total. The minimum absolute atomic E-state index is 0.00168. The highest BCUT2D eigenvalue weighted by atomic mass is 32.2. The molecule has 2 aliphatic carbocycles. The Morgan fingerprint density at radius 1 is 1.06 bits per heavy atom. The molecule has 6 rings (SSSR count). The number of fused-ring (bicyclic) bond motifs is 3. The molecule has 0 radical (unpaired) electrons. The summed E-state index contributed by atoms with van der Waals surface area (Å²) in [5, 5.41) is 4.79. The third-order valence-electron chi connectivity index (χ3n) is 9.99. The summed E-state index contributed by atoms with van der Waals surface area (Å²) in [5.74, 6) is -3.06. The molecule has 0 bridgehead atoms. The zero-order valence-electron chi connectivity index (χ0n) is 29.1. The van der Waals surface area contributed by atoms with Crippen LogP contribution in [0.3, 0.4) is 0 Å². The number of allylic oxidation sites excluding steroid dienone is 1. The van der Waals surface area contributed by atoms with Gasteiger partial charge in [0.15, 0.2) is 0 Å². The van der Waals surface area contributed by atoms with Crippen LogP contribution in [0.1, 0.15) is 89.7 Å². The van der Waals surface area contributed by atoms with Gasteiger partial charge < -0.3 is 25.0 Å². The molecule has 3 aliphatic heterocycles. The van der Waals surface area contributed by atoms with E-state index >= 15 is 0 Å². The van der Waals surface area contributed by atoms with Crippen LogP contribution in [0.5, 0.6) is 0 Å². The number of carbonyl (C=O) groups is 5. The van der Waals surface area contributed by atoms with Crippen LogP contribution >= 0.6 is 0 Å². The smallest absolute Gasteiger partial charge is 0.410 e. The Hall–Kier alpha value is -4.21. The summed E-state index contributed by atoms with van der Waals surface area (Å²) in [6.45, 7) is 5.01. The van der Waals surface area contributed by atoms with Crippen LogP contribution in [0.2, 0.25) is 0 Å². The van der Waals surface area contributed by atoms with E-state index in [2.05, 4.69) is 15.4 Å². The van der Waals surface area contributed by atoms with Crippen molar-refractivity contribution in [2.45, 2.75) is 126 Å². The lowest BCUT2D eigenvalue weighted by atomic mass is 10.0. The fourth-order valence-electron chi connectivity index (χ4n) is 7.02. The Bertz CT molecular complexity index is 1730. The molecule has 0 spiro atoms. The molecule has 16 heteroatoms. The number of alkyl carbamates (subject to hydrolysis) is 1. The van der Waals surface area contributed by atoms with Crippen LogP contribution in [-0.4, -0.2) is 89.2 Å². The van der Waals surface area contributed by atoms with E-state index in [0.29, 0.717) is 36.8 Å². The van der Waals surface area contributed by atoms with Crippen molar-refractivity contribution >= 4 is 39.9 Å². The first-order chi connectivity index (χ1) is 24.1. The molecule has 3 heterocycles. The number of ether oxygens (including phenoxy) is 2. The maximum Gasteiger partial charge on any atom is 0.410 e. The van der Waals surface area contributed by atoms with Gasteiger partial charge in [-0.15, -0.1) is 0 Å². The summed E-state index contributed by atoms with van der Waals surface area (Å²) in [6, 6.07) is 2.30. The molecule has 51 heavy (non-hydrogen) atoms. The lowest BCUT2D eigenvalue weighted by Crippen LogP contribution is -2.58. The average Bonchev–Trinajstić information content (AvgIpc) is 3.93. The van der Waals surface area contributed by atoms with Crippen molar-refractivity contribution in [3.05, 3.63) is 47.3 Å². The molecule has 1 aromatic carbocycles. The van der Waals surface area contributed by atoms with Crippen molar-refractivity contribution in [1.82, 2.24) is 25.2 Å². The van der Waals surface area contributed by atoms with Gasteiger partial charge in [0.1, 0.15) is 35.1 Å². The van der Waals surface area contributed by atoms with Gasteiger partial charge in [0.25, 0.3) is 5.91 Å². The van der Waals surface area contributed by atoms with Crippen molar-refractivity contribution in [2.75, 3.05) is 6.54 Å². The number of halogens is 1. The molecule has 0 aromatic heterocycles. The second kappa shape index (κ2) is 14.1. The first-order valence-corrected chi connectivity index (χ1v) is 19.2. The van der Waals surface area contributed by atoms with Crippen molar-refractivity contribution in [2.24, 2.45) is 5.92 Å². The lowest BCUT2D eigenvalue weighted by molar-refractivity contribution is -0.141. The number of amides is 5. The molecule has 2 unspecified atom stereocenters. The number of carbonyl (C=O) groups excluding carboxylic acids is 5. The number of sulfonamides is 1. The predicted molar refractivity (Wildman–Crippen MR) is 180 cm³/mol. The van der Waals surface area contributed by atoms with Crippen molar-refractivity contribution < 1.29 is 46.3 Å². The van der Waals surface area contributed by atoms with Gasteiger partial charge in [-0.25, -0.2) is 22.4 Å². The minimum atomic E-state index is -3.92. The third kappa shape index (κ3) is 8.31. The van der Waals surface area contributed by atoms with E-state index in [9.17, 15) is 36.8 Å². The van der Waals surface area contributed by atoms with Crippen LogP contribution in [-0.2, 0) is 47.0 Å². The zero-order chi connectivity index (χ0) is 36.7. The molecule has 5 amide bonds. The summed E-state index contributed by atoms with van der Waals surface area (Å²) in [4.78, 5) is 70.8. The Balaban J connectivity index is 1.25. The molecule has 278 valence electrons. The molecule has 5 aliphatic rings. The van der Waals surface area contributed by atoms with Gasteiger partial charge in [-0.3, -0.25) is 24.0 Å². The highest BCUT2D eigenvalue weighted by Crippen LogP contribution is 2.46. The summed E-state index contributed by atoms with van der Waals surface area (Å²) in [7, 11) is -3.92. The van der Waals surface area contributed by atoms with E-state index in [1.807, 2.05) is 12.2 Å². The number of nitrogens with zero attached hydrogens (tertiary/aromatic N) is 2. The Morgan fingerprint density at radius 2 is 1.82 bits per heavy atom. The molecule has 3 N–H and O–H groups in total. The van der Waals surface area contributed by atoms with Gasteiger partial charge in [0, 0.05) is 24.4 Å².